The second-order valence-corrected chi connectivity index (χ2v) is 5.53. The Morgan fingerprint density at radius 2 is 2.29 bits per heavy atom. The smallest absolute Gasteiger partial charge is 0.414 e. The van der Waals surface area contributed by atoms with Crippen LogP contribution < -0.4 is 5.32 Å². The number of anilines is 1. The maximum atomic E-state index is 11.5. The van der Waals surface area contributed by atoms with Crippen molar-refractivity contribution in [2.45, 2.75) is 18.2 Å². The van der Waals surface area contributed by atoms with Crippen LogP contribution in [0.25, 0.3) is 11.0 Å². The summed E-state index contributed by atoms with van der Waals surface area (Å²) >= 11 is 1.80. The number of carbonyl (C=O) groups excluding carboxylic acids is 1. The summed E-state index contributed by atoms with van der Waals surface area (Å²) < 4.78 is 9.73. The van der Waals surface area contributed by atoms with Crippen LogP contribution in [0.5, 0.6) is 0 Å². The highest BCUT2D eigenvalue weighted by Crippen LogP contribution is 2.23. The molecule has 114 valence electrons. The van der Waals surface area contributed by atoms with Gasteiger partial charge in [0.25, 0.3) is 0 Å². The highest BCUT2D eigenvalue weighted by molar-refractivity contribution is 7.99. The summed E-state index contributed by atoms with van der Waals surface area (Å²) in [5.74, 6) is 1.46. The molecule has 21 heavy (non-hydrogen) atoms. The third-order valence-corrected chi connectivity index (χ3v) is 3.87. The third kappa shape index (κ3) is 4.64. The summed E-state index contributed by atoms with van der Waals surface area (Å²) in [6.45, 7) is 2.73. The van der Waals surface area contributed by atoms with Crippen LogP contribution in [0.15, 0.2) is 23.1 Å². The van der Waals surface area contributed by atoms with Crippen LogP contribution in [0.4, 0.5) is 10.7 Å². The molecule has 0 radical (unpaired) electrons. The number of hydrogen-bond acceptors (Lipinski definition) is 5. The van der Waals surface area contributed by atoms with Gasteiger partial charge in [0.15, 0.2) is 0 Å². The molecule has 2 rings (SSSR count). The number of fused-ring (bicyclic) bond motifs is 1. The standard InChI is InChI=1S/C14H19N3O3S/c1-3-8-21-10-4-5-11-12(9-10)16-13(15-11)17-14(18)20-7-6-19-2/h4-5,9H,3,6-8H2,1-2H3,(H2,15,16,17,18). The number of rotatable bonds is 7. The lowest BCUT2D eigenvalue weighted by molar-refractivity contribution is 0.107. The van der Waals surface area contributed by atoms with E-state index < -0.39 is 6.09 Å². The Morgan fingerprint density at radius 1 is 1.43 bits per heavy atom. The number of ether oxygens (including phenoxy) is 2. The molecule has 1 heterocycles. The molecule has 0 aliphatic rings. The molecule has 1 amide bonds. The van der Waals surface area contributed by atoms with Crippen LogP contribution in [0.1, 0.15) is 13.3 Å². The number of carbonyl (C=O) groups is 1. The summed E-state index contributed by atoms with van der Waals surface area (Å²) in [6, 6.07) is 6.00. The maximum Gasteiger partial charge on any atom is 0.414 e. The number of nitrogens with one attached hydrogen (secondary N) is 2. The number of thioether (sulfide) groups is 1. The second kappa shape index (κ2) is 7.90. The molecular formula is C14H19N3O3S. The number of aromatic amines is 1. The fourth-order valence-electron chi connectivity index (χ4n) is 1.71. The molecule has 6 nitrogen and oxygen atoms in total. The van der Waals surface area contributed by atoms with Gasteiger partial charge in [-0.25, -0.2) is 9.78 Å². The molecule has 0 spiro atoms. The molecule has 0 aliphatic heterocycles. The lowest BCUT2D eigenvalue weighted by Gasteiger charge is -2.03. The molecule has 0 fully saturated rings. The quantitative estimate of drug-likeness (QED) is 0.606. The third-order valence-electron chi connectivity index (χ3n) is 2.67. The van der Waals surface area contributed by atoms with Crippen LogP contribution >= 0.6 is 11.8 Å². The van der Waals surface area contributed by atoms with E-state index in [1.54, 1.807) is 18.9 Å². The van der Waals surface area contributed by atoms with Gasteiger partial charge in [-0.3, -0.25) is 5.32 Å². The number of methoxy groups -OCH3 is 1. The molecule has 0 atom stereocenters. The molecule has 2 aromatic rings. The average Bonchev–Trinajstić information content (AvgIpc) is 2.86. The molecule has 2 N–H and O–H groups in total. The Bertz CT molecular complexity index is 600. The zero-order valence-corrected chi connectivity index (χ0v) is 13.0. The van der Waals surface area contributed by atoms with Crippen molar-refractivity contribution in [1.82, 2.24) is 9.97 Å². The van der Waals surface area contributed by atoms with Crippen molar-refractivity contribution in [3.8, 4) is 0 Å². The Labute approximate surface area is 127 Å². The van der Waals surface area contributed by atoms with E-state index in [1.807, 2.05) is 18.2 Å². The summed E-state index contributed by atoms with van der Waals surface area (Å²) in [7, 11) is 1.55. The second-order valence-electron chi connectivity index (χ2n) is 4.37. The lowest BCUT2D eigenvalue weighted by atomic mass is 10.3. The average molecular weight is 309 g/mol. The van der Waals surface area contributed by atoms with E-state index >= 15 is 0 Å². The number of benzene rings is 1. The molecule has 1 aromatic carbocycles. The van der Waals surface area contributed by atoms with E-state index in [0.717, 1.165) is 23.2 Å². The molecule has 0 saturated carbocycles. The van der Waals surface area contributed by atoms with Crippen molar-refractivity contribution in [3.05, 3.63) is 18.2 Å². The number of H-pyrrole nitrogens is 1. The number of imidazole rings is 1. The van der Waals surface area contributed by atoms with Crippen LogP contribution in [0.2, 0.25) is 0 Å². The van der Waals surface area contributed by atoms with E-state index in [4.69, 9.17) is 9.47 Å². The summed E-state index contributed by atoms with van der Waals surface area (Å²) in [4.78, 5) is 20.1. The van der Waals surface area contributed by atoms with Crippen molar-refractivity contribution >= 4 is 34.8 Å². The van der Waals surface area contributed by atoms with Crippen molar-refractivity contribution in [1.29, 1.82) is 0 Å². The maximum absolute atomic E-state index is 11.5. The lowest BCUT2D eigenvalue weighted by Crippen LogP contribution is -2.17. The summed E-state index contributed by atoms with van der Waals surface area (Å²) in [5, 5.41) is 2.56. The first-order valence-corrected chi connectivity index (χ1v) is 7.76. The van der Waals surface area contributed by atoms with E-state index in [1.165, 1.54) is 4.90 Å². The van der Waals surface area contributed by atoms with Gasteiger partial charge >= 0.3 is 6.09 Å². The first-order chi connectivity index (χ1) is 10.2. The van der Waals surface area contributed by atoms with E-state index in [2.05, 4.69) is 22.2 Å². The van der Waals surface area contributed by atoms with Crippen LogP contribution in [-0.2, 0) is 9.47 Å². The van der Waals surface area contributed by atoms with Gasteiger partial charge in [-0.1, -0.05) is 6.92 Å². The van der Waals surface area contributed by atoms with Crippen molar-refractivity contribution in [2.75, 3.05) is 31.4 Å². The van der Waals surface area contributed by atoms with Gasteiger partial charge in [0.05, 0.1) is 17.6 Å². The van der Waals surface area contributed by atoms with Gasteiger partial charge in [0, 0.05) is 12.0 Å². The molecule has 7 heteroatoms. The fraction of sp³-hybridized carbons (Fsp3) is 0.429. The number of amides is 1. The molecule has 0 saturated heterocycles. The number of hydrogen-bond donors (Lipinski definition) is 2. The zero-order valence-electron chi connectivity index (χ0n) is 12.1. The van der Waals surface area contributed by atoms with E-state index in [9.17, 15) is 4.79 Å². The Morgan fingerprint density at radius 3 is 3.05 bits per heavy atom. The molecule has 0 bridgehead atoms. The van der Waals surface area contributed by atoms with Gasteiger partial charge < -0.3 is 14.5 Å². The predicted octanol–water partition coefficient (Wildman–Crippen LogP) is 3.26. The van der Waals surface area contributed by atoms with Gasteiger partial charge in [-0.2, -0.15) is 0 Å². The SMILES string of the molecule is CCCSc1ccc2nc(NC(=O)OCCOC)[nH]c2c1. The molecular weight excluding hydrogens is 290 g/mol. The van der Waals surface area contributed by atoms with Crippen LogP contribution in [0.3, 0.4) is 0 Å². The van der Waals surface area contributed by atoms with Crippen LogP contribution in [0, 0.1) is 0 Å². The highest BCUT2D eigenvalue weighted by atomic mass is 32.2. The minimum absolute atomic E-state index is 0.209. The fourth-order valence-corrected chi connectivity index (χ4v) is 2.51. The van der Waals surface area contributed by atoms with Crippen molar-refractivity contribution < 1.29 is 14.3 Å². The van der Waals surface area contributed by atoms with Gasteiger partial charge in [0.1, 0.15) is 6.61 Å². The first kappa shape index (κ1) is 15.7. The predicted molar refractivity (Wildman–Crippen MR) is 84.0 cm³/mol. The first-order valence-electron chi connectivity index (χ1n) is 6.78. The van der Waals surface area contributed by atoms with Crippen molar-refractivity contribution in [3.63, 3.8) is 0 Å². The Balaban J connectivity index is 1.99. The van der Waals surface area contributed by atoms with Gasteiger partial charge in [-0.05, 0) is 30.4 Å². The molecule has 0 unspecified atom stereocenters. The van der Waals surface area contributed by atoms with Gasteiger partial charge in [-0.15, -0.1) is 11.8 Å². The topological polar surface area (TPSA) is 76.2 Å². The van der Waals surface area contributed by atoms with Gasteiger partial charge in [0.2, 0.25) is 5.95 Å². The highest BCUT2D eigenvalue weighted by Gasteiger charge is 2.08. The minimum Gasteiger partial charge on any atom is -0.447 e. The Hall–Kier alpha value is -1.73. The monoisotopic (exact) mass is 309 g/mol. The summed E-state index contributed by atoms with van der Waals surface area (Å²) in [6.07, 6.45) is 0.581. The van der Waals surface area contributed by atoms with Crippen LogP contribution in [-0.4, -0.2) is 42.1 Å². The number of nitrogens with zero attached hydrogens (tertiary/aromatic N) is 1. The largest absolute Gasteiger partial charge is 0.447 e. The zero-order chi connectivity index (χ0) is 15.1. The minimum atomic E-state index is -0.549. The molecule has 1 aromatic heterocycles. The normalized spacial score (nSPS) is 10.8. The Kier molecular flexibility index (Phi) is 5.89. The number of aromatic nitrogens is 2. The van der Waals surface area contributed by atoms with E-state index in [-0.39, 0.29) is 6.61 Å². The molecule has 0 aliphatic carbocycles. The van der Waals surface area contributed by atoms with Crippen molar-refractivity contribution in [2.24, 2.45) is 0 Å². The summed E-state index contributed by atoms with van der Waals surface area (Å²) in [5.41, 5.74) is 1.70. The van der Waals surface area contributed by atoms with E-state index in [0.29, 0.717) is 12.6 Å².